The SMILES string of the molecule is O=C([O-])CN(OCCO)OCCO.[Na+]. The zero-order valence-corrected chi connectivity index (χ0v) is 10.0. The second-order valence-corrected chi connectivity index (χ2v) is 1.98. The average Bonchev–Trinajstić information content (AvgIpc) is 2.09. The first-order valence-corrected chi connectivity index (χ1v) is 3.65. The normalized spacial score (nSPS) is 9.93. The molecule has 0 saturated carbocycles. The van der Waals surface area contributed by atoms with Crippen molar-refractivity contribution in [2.24, 2.45) is 0 Å². The molecule has 0 atom stereocenters. The predicted octanol–water partition coefficient (Wildman–Crippen LogP) is -6.11. The fourth-order valence-electron chi connectivity index (χ4n) is 0.519. The topological polar surface area (TPSA) is 102 Å². The first-order chi connectivity index (χ1) is 6.20. The van der Waals surface area contributed by atoms with Gasteiger partial charge in [-0.15, -0.1) is 0 Å². The van der Waals surface area contributed by atoms with Crippen LogP contribution < -0.4 is 34.7 Å². The molecular formula is C6H12NNaO6. The second-order valence-electron chi connectivity index (χ2n) is 1.98. The number of carbonyl (C=O) groups excluding carboxylic acids is 1. The summed E-state index contributed by atoms with van der Waals surface area (Å²) < 4.78 is 0. The Bertz CT molecular complexity index is 138. The van der Waals surface area contributed by atoms with Gasteiger partial charge in [-0.3, -0.25) is 9.68 Å². The molecule has 2 N–H and O–H groups in total. The van der Waals surface area contributed by atoms with Crippen molar-refractivity contribution in [1.82, 2.24) is 5.23 Å². The Balaban J connectivity index is 0. The number of aliphatic carboxylic acids is 1. The summed E-state index contributed by atoms with van der Waals surface area (Å²) in [6, 6.07) is 0. The van der Waals surface area contributed by atoms with Crippen LogP contribution in [0.5, 0.6) is 0 Å². The van der Waals surface area contributed by atoms with Gasteiger partial charge in [0, 0.05) is 0 Å². The van der Waals surface area contributed by atoms with E-state index in [-0.39, 0.29) is 56.0 Å². The number of carboxylic acid groups (broad SMARTS) is 1. The van der Waals surface area contributed by atoms with E-state index in [1.165, 1.54) is 0 Å². The number of hydroxylamine groups is 2. The molecule has 0 spiro atoms. The summed E-state index contributed by atoms with van der Waals surface area (Å²) in [5.41, 5.74) is 0. The monoisotopic (exact) mass is 217 g/mol. The molecule has 0 fully saturated rings. The first kappa shape index (κ1) is 16.7. The van der Waals surface area contributed by atoms with Gasteiger partial charge >= 0.3 is 29.6 Å². The van der Waals surface area contributed by atoms with Crippen molar-refractivity contribution >= 4 is 5.97 Å². The third-order valence-electron chi connectivity index (χ3n) is 0.911. The van der Waals surface area contributed by atoms with Crippen LogP contribution in [0.1, 0.15) is 0 Å². The van der Waals surface area contributed by atoms with Crippen LogP contribution in [0.3, 0.4) is 0 Å². The molecular weight excluding hydrogens is 205 g/mol. The van der Waals surface area contributed by atoms with Crippen molar-refractivity contribution < 1.29 is 59.3 Å². The summed E-state index contributed by atoms with van der Waals surface area (Å²) in [5, 5.41) is 27.4. The summed E-state index contributed by atoms with van der Waals surface area (Å²) in [4.78, 5) is 19.4. The molecule has 0 aromatic heterocycles. The minimum atomic E-state index is -1.38. The van der Waals surface area contributed by atoms with E-state index in [2.05, 4.69) is 9.68 Å². The fraction of sp³-hybridized carbons (Fsp3) is 0.833. The van der Waals surface area contributed by atoms with E-state index in [1.807, 2.05) is 0 Å². The summed E-state index contributed by atoms with van der Waals surface area (Å²) in [6.45, 7) is -1.27. The average molecular weight is 217 g/mol. The Kier molecular flexibility index (Phi) is 13.5. The van der Waals surface area contributed by atoms with Gasteiger partial charge in [0.25, 0.3) is 0 Å². The maximum Gasteiger partial charge on any atom is 1.00 e. The molecule has 78 valence electrons. The number of nitrogens with zero attached hydrogens (tertiary/aromatic N) is 1. The molecule has 8 heteroatoms. The second kappa shape index (κ2) is 11.3. The number of rotatable bonds is 8. The van der Waals surface area contributed by atoms with Crippen LogP contribution in [0.25, 0.3) is 0 Å². The molecule has 0 saturated heterocycles. The largest absolute Gasteiger partial charge is 1.00 e. The molecule has 0 unspecified atom stereocenters. The number of carboxylic acids is 1. The number of hydrogen-bond donors (Lipinski definition) is 2. The molecule has 0 bridgehead atoms. The maximum absolute atomic E-state index is 10.1. The van der Waals surface area contributed by atoms with Gasteiger partial charge in [-0.2, -0.15) is 0 Å². The molecule has 0 heterocycles. The summed E-state index contributed by atoms with van der Waals surface area (Å²) >= 11 is 0. The molecule has 7 nitrogen and oxygen atoms in total. The van der Waals surface area contributed by atoms with Gasteiger partial charge in [0.15, 0.2) is 0 Å². The fourth-order valence-corrected chi connectivity index (χ4v) is 0.519. The third-order valence-corrected chi connectivity index (χ3v) is 0.911. The zero-order chi connectivity index (χ0) is 10.1. The summed E-state index contributed by atoms with van der Waals surface area (Å²) in [5.74, 6) is -1.38. The van der Waals surface area contributed by atoms with Crippen molar-refractivity contribution in [3.05, 3.63) is 0 Å². The van der Waals surface area contributed by atoms with Crippen LogP contribution >= 0.6 is 0 Å². The van der Waals surface area contributed by atoms with E-state index in [1.54, 1.807) is 0 Å². The van der Waals surface area contributed by atoms with Crippen molar-refractivity contribution in [3.63, 3.8) is 0 Å². The van der Waals surface area contributed by atoms with E-state index in [9.17, 15) is 9.90 Å². The van der Waals surface area contributed by atoms with Crippen molar-refractivity contribution in [2.45, 2.75) is 0 Å². The van der Waals surface area contributed by atoms with E-state index in [0.29, 0.717) is 5.23 Å². The molecule has 14 heavy (non-hydrogen) atoms. The minimum absolute atomic E-state index is 0. The molecule has 0 rings (SSSR count). The number of aliphatic hydroxyl groups excluding tert-OH is 2. The van der Waals surface area contributed by atoms with Crippen molar-refractivity contribution in [2.75, 3.05) is 33.0 Å². The van der Waals surface area contributed by atoms with Crippen LogP contribution in [0.15, 0.2) is 0 Å². The number of aliphatic hydroxyl groups is 2. The smallest absolute Gasteiger partial charge is 0.549 e. The Labute approximate surface area is 103 Å². The molecule has 0 aromatic rings. The van der Waals surface area contributed by atoms with E-state index in [4.69, 9.17) is 10.2 Å². The van der Waals surface area contributed by atoms with Gasteiger partial charge in [0.2, 0.25) is 0 Å². The van der Waals surface area contributed by atoms with Gasteiger partial charge in [-0.1, -0.05) is 5.23 Å². The molecule has 0 aromatic carbocycles. The molecule has 0 aliphatic heterocycles. The first-order valence-electron chi connectivity index (χ1n) is 3.65. The third kappa shape index (κ3) is 10.4. The van der Waals surface area contributed by atoms with Gasteiger partial charge < -0.3 is 20.1 Å². The molecule has 0 aliphatic carbocycles. The number of carbonyl (C=O) groups is 1. The quantitative estimate of drug-likeness (QED) is 0.308. The van der Waals surface area contributed by atoms with Crippen molar-refractivity contribution in [3.8, 4) is 0 Å². The number of hydrogen-bond acceptors (Lipinski definition) is 7. The summed E-state index contributed by atoms with van der Waals surface area (Å²) in [7, 11) is 0. The van der Waals surface area contributed by atoms with Gasteiger partial charge in [-0.25, -0.2) is 0 Å². The van der Waals surface area contributed by atoms with E-state index >= 15 is 0 Å². The maximum atomic E-state index is 10.1. The van der Waals surface area contributed by atoms with Crippen LogP contribution in [0.4, 0.5) is 0 Å². The van der Waals surface area contributed by atoms with Gasteiger partial charge in [-0.05, 0) is 0 Å². The van der Waals surface area contributed by atoms with Gasteiger partial charge in [0.05, 0.1) is 38.9 Å². The van der Waals surface area contributed by atoms with Crippen LogP contribution in [-0.2, 0) is 14.5 Å². The van der Waals surface area contributed by atoms with Crippen LogP contribution in [0.2, 0.25) is 0 Å². The molecule has 0 amide bonds. The Morgan fingerprint density at radius 2 is 1.64 bits per heavy atom. The van der Waals surface area contributed by atoms with Crippen LogP contribution in [0, 0.1) is 0 Å². The zero-order valence-electron chi connectivity index (χ0n) is 8.01. The Morgan fingerprint density at radius 3 is 1.93 bits per heavy atom. The standard InChI is InChI=1S/C6H13NO6.Na/c8-1-3-12-7(5-6(10)11)13-4-2-9;/h8-9H,1-5H2,(H,10,11);/q;+1/p-1. The molecule has 0 aliphatic rings. The Hall–Kier alpha value is 0.270. The van der Waals surface area contributed by atoms with Gasteiger partial charge in [0.1, 0.15) is 0 Å². The van der Waals surface area contributed by atoms with Crippen LogP contribution in [-0.4, -0.2) is 54.4 Å². The minimum Gasteiger partial charge on any atom is -0.549 e. The molecule has 0 radical (unpaired) electrons. The summed E-state index contributed by atoms with van der Waals surface area (Å²) in [6.07, 6.45) is 0. The predicted molar refractivity (Wildman–Crippen MR) is 37.8 cm³/mol. The van der Waals surface area contributed by atoms with E-state index in [0.717, 1.165) is 0 Å². The van der Waals surface area contributed by atoms with E-state index < -0.39 is 12.5 Å². The van der Waals surface area contributed by atoms with Crippen molar-refractivity contribution in [1.29, 1.82) is 0 Å². The Morgan fingerprint density at radius 1 is 1.21 bits per heavy atom.